The Labute approximate surface area is 141 Å². The van der Waals surface area contributed by atoms with Gasteiger partial charge in [-0.15, -0.1) is 0 Å². The molecule has 2 rings (SSSR count). The smallest absolute Gasteiger partial charge is 0.337 e. The lowest BCUT2D eigenvalue weighted by Gasteiger charge is -2.32. The average Bonchev–Trinajstić information content (AvgIpc) is 2.55. The van der Waals surface area contributed by atoms with Gasteiger partial charge in [-0.05, 0) is 31.9 Å². The number of nitrogens with one attached hydrogen (secondary N) is 1. The van der Waals surface area contributed by atoms with Crippen LogP contribution in [0.3, 0.4) is 0 Å². The van der Waals surface area contributed by atoms with Crippen molar-refractivity contribution in [1.82, 2.24) is 4.90 Å². The predicted molar refractivity (Wildman–Crippen MR) is 90.9 cm³/mol. The van der Waals surface area contributed by atoms with Crippen molar-refractivity contribution in [1.29, 1.82) is 0 Å². The van der Waals surface area contributed by atoms with Crippen molar-refractivity contribution in [2.75, 3.05) is 18.4 Å². The van der Waals surface area contributed by atoms with E-state index in [2.05, 4.69) is 5.32 Å². The van der Waals surface area contributed by atoms with Gasteiger partial charge in [0.25, 0.3) is 0 Å². The fourth-order valence-corrected chi connectivity index (χ4v) is 2.91. The molecule has 0 radical (unpaired) electrons. The summed E-state index contributed by atoms with van der Waals surface area (Å²) in [5, 5.41) is 12.0. The Bertz CT molecular complexity index is 646. The van der Waals surface area contributed by atoms with Crippen molar-refractivity contribution < 1.29 is 19.5 Å². The Morgan fingerprint density at radius 1 is 1.21 bits per heavy atom. The molecule has 6 nitrogen and oxygen atoms in total. The van der Waals surface area contributed by atoms with Gasteiger partial charge in [0.15, 0.2) is 0 Å². The molecule has 2 amide bonds. The number of likely N-dealkylation sites (tertiary alicyclic amines) is 1. The quantitative estimate of drug-likeness (QED) is 0.887. The molecule has 0 aliphatic carbocycles. The zero-order chi connectivity index (χ0) is 17.9. The standard InChI is InChI=1S/C18H24N2O4/c1-11(2)17(22)20-8-6-13(7-9-20)16(21)19-15-5-4-12(3)10-14(15)18(23)24/h4-5,10-11,13H,6-9H2,1-3H3,(H,19,21)(H,23,24). The lowest BCUT2D eigenvalue weighted by Crippen LogP contribution is -2.43. The number of carbonyl (C=O) groups is 3. The zero-order valence-electron chi connectivity index (χ0n) is 14.3. The van der Waals surface area contributed by atoms with Gasteiger partial charge in [-0.2, -0.15) is 0 Å². The zero-order valence-corrected chi connectivity index (χ0v) is 14.3. The van der Waals surface area contributed by atoms with Crippen LogP contribution in [0.4, 0.5) is 5.69 Å². The van der Waals surface area contributed by atoms with Crippen LogP contribution in [0.2, 0.25) is 0 Å². The van der Waals surface area contributed by atoms with E-state index in [1.807, 2.05) is 13.8 Å². The number of nitrogens with zero attached hydrogens (tertiary/aromatic N) is 1. The normalized spacial score (nSPS) is 15.4. The summed E-state index contributed by atoms with van der Waals surface area (Å²) >= 11 is 0. The Morgan fingerprint density at radius 2 is 1.83 bits per heavy atom. The van der Waals surface area contributed by atoms with Gasteiger partial charge in [-0.1, -0.05) is 25.5 Å². The highest BCUT2D eigenvalue weighted by atomic mass is 16.4. The van der Waals surface area contributed by atoms with Gasteiger partial charge in [-0.25, -0.2) is 4.79 Å². The van der Waals surface area contributed by atoms with E-state index >= 15 is 0 Å². The molecule has 1 saturated heterocycles. The van der Waals surface area contributed by atoms with Crippen LogP contribution in [0, 0.1) is 18.8 Å². The topological polar surface area (TPSA) is 86.7 Å². The van der Waals surface area contributed by atoms with E-state index in [0.717, 1.165) is 5.56 Å². The molecular formula is C18H24N2O4. The number of carboxylic acid groups (broad SMARTS) is 1. The van der Waals surface area contributed by atoms with Crippen molar-refractivity contribution in [3.05, 3.63) is 29.3 Å². The number of anilines is 1. The minimum absolute atomic E-state index is 0.0407. The number of hydrogen-bond donors (Lipinski definition) is 2. The van der Waals surface area contributed by atoms with Gasteiger partial charge in [-0.3, -0.25) is 9.59 Å². The van der Waals surface area contributed by atoms with E-state index in [1.54, 1.807) is 30.0 Å². The monoisotopic (exact) mass is 332 g/mol. The predicted octanol–water partition coefficient (Wildman–Crippen LogP) is 2.53. The van der Waals surface area contributed by atoms with Gasteiger partial charge in [0, 0.05) is 24.9 Å². The summed E-state index contributed by atoms with van der Waals surface area (Å²) in [7, 11) is 0. The second-order valence-corrected chi connectivity index (χ2v) is 6.60. The summed E-state index contributed by atoms with van der Waals surface area (Å²) in [6, 6.07) is 4.93. The van der Waals surface area contributed by atoms with Crippen molar-refractivity contribution in [3.8, 4) is 0 Å². The van der Waals surface area contributed by atoms with E-state index in [0.29, 0.717) is 31.6 Å². The fourth-order valence-electron chi connectivity index (χ4n) is 2.91. The molecule has 1 aromatic carbocycles. The molecule has 0 unspecified atom stereocenters. The van der Waals surface area contributed by atoms with E-state index in [-0.39, 0.29) is 29.2 Å². The second kappa shape index (κ2) is 7.47. The molecule has 0 spiro atoms. The number of piperidine rings is 1. The summed E-state index contributed by atoms with van der Waals surface area (Å²) in [5.41, 5.74) is 1.24. The number of hydrogen-bond acceptors (Lipinski definition) is 3. The average molecular weight is 332 g/mol. The maximum Gasteiger partial charge on any atom is 0.337 e. The Balaban J connectivity index is 2.00. The third-order valence-corrected chi connectivity index (χ3v) is 4.33. The molecule has 0 aromatic heterocycles. The number of amides is 2. The van der Waals surface area contributed by atoms with Crippen molar-refractivity contribution in [2.45, 2.75) is 33.6 Å². The Kier molecular flexibility index (Phi) is 5.59. The van der Waals surface area contributed by atoms with Crippen LogP contribution in [0.15, 0.2) is 18.2 Å². The van der Waals surface area contributed by atoms with Crippen molar-refractivity contribution >= 4 is 23.5 Å². The molecule has 1 heterocycles. The minimum atomic E-state index is -1.06. The van der Waals surface area contributed by atoms with E-state index in [1.165, 1.54) is 0 Å². The largest absolute Gasteiger partial charge is 0.478 e. The summed E-state index contributed by atoms with van der Waals surface area (Å²) in [4.78, 5) is 37.5. The minimum Gasteiger partial charge on any atom is -0.478 e. The highest BCUT2D eigenvalue weighted by molar-refractivity contribution is 6.01. The van der Waals surface area contributed by atoms with Gasteiger partial charge >= 0.3 is 5.97 Å². The van der Waals surface area contributed by atoms with Gasteiger partial charge in [0.2, 0.25) is 11.8 Å². The summed E-state index contributed by atoms with van der Waals surface area (Å²) in [5.74, 6) is -1.38. The maximum atomic E-state index is 12.4. The highest BCUT2D eigenvalue weighted by Crippen LogP contribution is 2.23. The number of aryl methyl sites for hydroxylation is 1. The molecule has 0 bridgehead atoms. The van der Waals surface area contributed by atoms with Crippen LogP contribution in [0.25, 0.3) is 0 Å². The second-order valence-electron chi connectivity index (χ2n) is 6.60. The highest BCUT2D eigenvalue weighted by Gasteiger charge is 2.28. The third kappa shape index (κ3) is 4.13. The van der Waals surface area contributed by atoms with Crippen LogP contribution in [-0.4, -0.2) is 40.9 Å². The first-order chi connectivity index (χ1) is 11.3. The molecule has 1 aliphatic heterocycles. The van der Waals surface area contributed by atoms with Gasteiger partial charge in [0.1, 0.15) is 0 Å². The van der Waals surface area contributed by atoms with Crippen molar-refractivity contribution in [2.24, 2.45) is 11.8 Å². The van der Waals surface area contributed by atoms with E-state index in [4.69, 9.17) is 0 Å². The SMILES string of the molecule is Cc1ccc(NC(=O)C2CCN(C(=O)C(C)C)CC2)c(C(=O)O)c1. The fraction of sp³-hybridized carbons (Fsp3) is 0.500. The molecule has 0 saturated carbocycles. The van der Waals surface area contributed by atoms with Crippen LogP contribution >= 0.6 is 0 Å². The van der Waals surface area contributed by atoms with Crippen molar-refractivity contribution in [3.63, 3.8) is 0 Å². The molecule has 2 N–H and O–H groups in total. The summed E-state index contributed by atoms with van der Waals surface area (Å²) in [6.07, 6.45) is 1.19. The lowest BCUT2D eigenvalue weighted by atomic mass is 9.94. The number of carboxylic acids is 1. The molecule has 0 atom stereocenters. The molecular weight excluding hydrogens is 308 g/mol. The van der Waals surface area contributed by atoms with Crippen LogP contribution in [0.1, 0.15) is 42.6 Å². The summed E-state index contributed by atoms with van der Waals surface area (Å²) in [6.45, 7) is 6.67. The van der Waals surface area contributed by atoms with E-state index < -0.39 is 5.97 Å². The van der Waals surface area contributed by atoms with Gasteiger partial charge in [0.05, 0.1) is 11.3 Å². The number of aromatic carboxylic acids is 1. The number of rotatable bonds is 4. The molecule has 1 aliphatic rings. The Morgan fingerprint density at radius 3 is 2.38 bits per heavy atom. The number of benzene rings is 1. The molecule has 1 aromatic rings. The molecule has 6 heteroatoms. The van der Waals surface area contributed by atoms with Crippen LogP contribution < -0.4 is 5.32 Å². The van der Waals surface area contributed by atoms with E-state index in [9.17, 15) is 19.5 Å². The van der Waals surface area contributed by atoms with Crippen LogP contribution in [-0.2, 0) is 9.59 Å². The number of carbonyl (C=O) groups excluding carboxylic acids is 2. The lowest BCUT2D eigenvalue weighted by molar-refractivity contribution is -0.137. The van der Waals surface area contributed by atoms with Gasteiger partial charge < -0.3 is 15.3 Å². The first kappa shape index (κ1) is 18.0. The molecule has 24 heavy (non-hydrogen) atoms. The summed E-state index contributed by atoms with van der Waals surface area (Å²) < 4.78 is 0. The Hall–Kier alpha value is -2.37. The molecule has 130 valence electrons. The third-order valence-electron chi connectivity index (χ3n) is 4.33. The maximum absolute atomic E-state index is 12.4. The first-order valence-electron chi connectivity index (χ1n) is 8.23. The first-order valence-corrected chi connectivity index (χ1v) is 8.23. The van der Waals surface area contributed by atoms with Crippen LogP contribution in [0.5, 0.6) is 0 Å². The molecule has 1 fully saturated rings.